The normalized spacial score (nSPS) is 13.1. The first-order chi connectivity index (χ1) is 14.4. The lowest BCUT2D eigenvalue weighted by molar-refractivity contribution is -0.127. The first-order valence-electron chi connectivity index (χ1n) is 10.1. The molecule has 0 aliphatic carbocycles. The number of ether oxygens (including phenoxy) is 1. The molecule has 2 N–H and O–H groups in total. The van der Waals surface area contributed by atoms with Crippen molar-refractivity contribution in [1.82, 2.24) is 5.32 Å². The van der Waals surface area contributed by atoms with Crippen LogP contribution in [-0.2, 0) is 11.2 Å². The Morgan fingerprint density at radius 2 is 1.93 bits per heavy atom. The van der Waals surface area contributed by atoms with Gasteiger partial charge in [0.15, 0.2) is 6.10 Å². The number of aliphatic hydroxyl groups excluding tert-OH is 1. The number of rotatable bonds is 8. The molecule has 0 aliphatic rings. The third-order valence-electron chi connectivity index (χ3n) is 5.04. The smallest absolute Gasteiger partial charge is 0.336 e. The van der Waals surface area contributed by atoms with Crippen molar-refractivity contribution in [3.63, 3.8) is 0 Å². The van der Waals surface area contributed by atoms with E-state index in [4.69, 9.17) is 9.15 Å². The van der Waals surface area contributed by atoms with E-state index in [2.05, 4.69) is 12.2 Å². The number of fused-ring (bicyclic) bond motifs is 1. The SMILES string of the molecule is CCCc1cc(=O)oc2c(C)c(O[C@H](C)C(=O)NC[C@H](O)c3ccccc3)ccc12. The molecule has 2 aromatic carbocycles. The van der Waals surface area contributed by atoms with Crippen molar-refractivity contribution in [3.8, 4) is 5.75 Å². The van der Waals surface area contributed by atoms with Crippen LogP contribution in [0, 0.1) is 6.92 Å². The van der Waals surface area contributed by atoms with E-state index in [1.54, 1.807) is 32.0 Å². The van der Waals surface area contributed by atoms with Crippen molar-refractivity contribution in [3.05, 3.63) is 75.6 Å². The molecular formula is C24H27NO5. The molecule has 1 aromatic heterocycles. The summed E-state index contributed by atoms with van der Waals surface area (Å²) in [5, 5.41) is 13.8. The largest absolute Gasteiger partial charge is 0.480 e. The Bertz CT molecular complexity index is 1070. The van der Waals surface area contributed by atoms with E-state index in [-0.39, 0.29) is 12.5 Å². The van der Waals surface area contributed by atoms with Crippen LogP contribution in [0.2, 0.25) is 0 Å². The van der Waals surface area contributed by atoms with Crippen molar-refractivity contribution in [2.24, 2.45) is 0 Å². The first kappa shape index (κ1) is 21.6. The van der Waals surface area contributed by atoms with Crippen LogP contribution in [0.25, 0.3) is 11.0 Å². The van der Waals surface area contributed by atoms with Crippen LogP contribution in [0.5, 0.6) is 5.75 Å². The van der Waals surface area contributed by atoms with Crippen LogP contribution in [0.15, 0.2) is 57.7 Å². The van der Waals surface area contributed by atoms with E-state index < -0.39 is 17.8 Å². The quantitative estimate of drug-likeness (QED) is 0.554. The maximum Gasteiger partial charge on any atom is 0.336 e. The number of amides is 1. The molecule has 6 heteroatoms. The molecular weight excluding hydrogens is 382 g/mol. The van der Waals surface area contributed by atoms with Crippen LogP contribution in [0.3, 0.4) is 0 Å². The summed E-state index contributed by atoms with van der Waals surface area (Å²) in [4.78, 5) is 24.4. The van der Waals surface area contributed by atoms with Gasteiger partial charge in [-0.25, -0.2) is 4.79 Å². The van der Waals surface area contributed by atoms with Gasteiger partial charge < -0.3 is 19.6 Å². The van der Waals surface area contributed by atoms with Crippen LogP contribution < -0.4 is 15.7 Å². The summed E-state index contributed by atoms with van der Waals surface area (Å²) in [6.45, 7) is 5.58. The Labute approximate surface area is 175 Å². The lowest BCUT2D eigenvalue weighted by atomic mass is 10.0. The van der Waals surface area contributed by atoms with Crippen LogP contribution in [-0.4, -0.2) is 23.7 Å². The molecule has 0 aliphatic heterocycles. The average Bonchev–Trinajstić information content (AvgIpc) is 2.74. The van der Waals surface area contributed by atoms with Gasteiger partial charge in [0.25, 0.3) is 5.91 Å². The number of aryl methyl sites for hydroxylation is 2. The zero-order chi connectivity index (χ0) is 21.7. The summed E-state index contributed by atoms with van der Waals surface area (Å²) in [6.07, 6.45) is 0.123. The minimum absolute atomic E-state index is 0.0858. The second-order valence-corrected chi connectivity index (χ2v) is 7.34. The van der Waals surface area contributed by atoms with E-state index in [0.717, 1.165) is 29.4 Å². The summed E-state index contributed by atoms with van der Waals surface area (Å²) in [7, 11) is 0. The summed E-state index contributed by atoms with van der Waals surface area (Å²) in [5.41, 5.74) is 2.43. The summed E-state index contributed by atoms with van der Waals surface area (Å²) < 4.78 is 11.3. The Balaban J connectivity index is 1.71. The van der Waals surface area contributed by atoms with E-state index >= 15 is 0 Å². The van der Waals surface area contributed by atoms with Crippen molar-refractivity contribution < 1.29 is 19.1 Å². The highest BCUT2D eigenvalue weighted by Crippen LogP contribution is 2.29. The van der Waals surface area contributed by atoms with Gasteiger partial charge in [-0.1, -0.05) is 43.7 Å². The molecule has 0 saturated carbocycles. The fourth-order valence-electron chi connectivity index (χ4n) is 3.39. The monoisotopic (exact) mass is 409 g/mol. The molecule has 0 spiro atoms. The second kappa shape index (κ2) is 9.59. The van der Waals surface area contributed by atoms with Gasteiger partial charge in [0.1, 0.15) is 11.3 Å². The number of hydrogen-bond donors (Lipinski definition) is 2. The second-order valence-electron chi connectivity index (χ2n) is 7.34. The molecule has 0 unspecified atom stereocenters. The molecule has 0 bridgehead atoms. The molecule has 1 amide bonds. The van der Waals surface area contributed by atoms with Crippen LogP contribution in [0.1, 0.15) is 43.1 Å². The van der Waals surface area contributed by atoms with Gasteiger partial charge in [0, 0.05) is 23.6 Å². The molecule has 3 rings (SSSR count). The van der Waals surface area contributed by atoms with E-state index in [1.807, 2.05) is 24.3 Å². The lowest BCUT2D eigenvalue weighted by Crippen LogP contribution is -2.38. The van der Waals surface area contributed by atoms with E-state index in [0.29, 0.717) is 16.9 Å². The maximum atomic E-state index is 12.4. The fourth-order valence-corrected chi connectivity index (χ4v) is 3.39. The van der Waals surface area contributed by atoms with Crippen molar-refractivity contribution in [2.75, 3.05) is 6.54 Å². The summed E-state index contributed by atoms with van der Waals surface area (Å²) >= 11 is 0. The predicted molar refractivity (Wildman–Crippen MR) is 116 cm³/mol. The van der Waals surface area contributed by atoms with Gasteiger partial charge in [-0.2, -0.15) is 0 Å². The fraction of sp³-hybridized carbons (Fsp3) is 0.333. The number of nitrogens with one attached hydrogen (secondary N) is 1. The summed E-state index contributed by atoms with van der Waals surface area (Å²) in [5.74, 6) is 0.135. The molecule has 0 saturated heterocycles. The van der Waals surface area contributed by atoms with Gasteiger partial charge >= 0.3 is 5.63 Å². The maximum absolute atomic E-state index is 12.4. The Morgan fingerprint density at radius 3 is 2.63 bits per heavy atom. The molecule has 6 nitrogen and oxygen atoms in total. The van der Waals surface area contributed by atoms with Gasteiger partial charge in [-0.15, -0.1) is 0 Å². The Kier molecular flexibility index (Phi) is 6.90. The van der Waals surface area contributed by atoms with Gasteiger partial charge in [-0.3, -0.25) is 4.79 Å². The average molecular weight is 409 g/mol. The van der Waals surface area contributed by atoms with Gasteiger partial charge in [0.05, 0.1) is 6.10 Å². The number of carbonyl (C=O) groups is 1. The van der Waals surface area contributed by atoms with Gasteiger partial charge in [0.2, 0.25) is 0 Å². The molecule has 0 radical (unpaired) electrons. The minimum atomic E-state index is -0.795. The Morgan fingerprint density at radius 1 is 1.20 bits per heavy atom. The number of carbonyl (C=O) groups excluding carboxylic acids is 1. The predicted octanol–water partition coefficient (Wildman–Crippen LogP) is 3.67. The topological polar surface area (TPSA) is 88.8 Å². The molecule has 2 atom stereocenters. The van der Waals surface area contributed by atoms with Gasteiger partial charge in [-0.05, 0) is 43.5 Å². The zero-order valence-corrected chi connectivity index (χ0v) is 17.5. The summed E-state index contributed by atoms with van der Waals surface area (Å²) in [6, 6.07) is 14.3. The highest BCUT2D eigenvalue weighted by atomic mass is 16.5. The van der Waals surface area contributed by atoms with Crippen molar-refractivity contribution in [2.45, 2.75) is 45.8 Å². The highest BCUT2D eigenvalue weighted by Gasteiger charge is 2.19. The highest BCUT2D eigenvalue weighted by molar-refractivity contribution is 5.85. The standard InChI is InChI=1S/C24H27NO5/c1-4-8-18-13-22(27)30-23-15(2)21(12-11-19(18)23)29-16(3)24(28)25-14-20(26)17-9-6-5-7-10-17/h5-7,9-13,16,20,26H,4,8,14H2,1-3H3,(H,25,28)/t16-,20+/m1/s1. The van der Waals surface area contributed by atoms with Crippen molar-refractivity contribution in [1.29, 1.82) is 0 Å². The van der Waals surface area contributed by atoms with Crippen molar-refractivity contribution >= 4 is 16.9 Å². The van der Waals surface area contributed by atoms with Crippen LogP contribution >= 0.6 is 0 Å². The lowest BCUT2D eigenvalue weighted by Gasteiger charge is -2.18. The zero-order valence-electron chi connectivity index (χ0n) is 17.5. The Hall–Kier alpha value is -3.12. The number of benzene rings is 2. The molecule has 30 heavy (non-hydrogen) atoms. The number of hydrogen-bond acceptors (Lipinski definition) is 5. The molecule has 158 valence electrons. The molecule has 1 heterocycles. The molecule has 0 fully saturated rings. The van der Waals surface area contributed by atoms with E-state index in [1.165, 1.54) is 6.07 Å². The van der Waals surface area contributed by atoms with E-state index in [9.17, 15) is 14.7 Å². The van der Waals surface area contributed by atoms with Crippen LogP contribution in [0.4, 0.5) is 0 Å². The number of aliphatic hydroxyl groups is 1. The third kappa shape index (κ3) is 4.89. The minimum Gasteiger partial charge on any atom is -0.480 e. The molecule has 3 aromatic rings. The third-order valence-corrected chi connectivity index (χ3v) is 5.04. The first-order valence-corrected chi connectivity index (χ1v) is 10.1.